The van der Waals surface area contributed by atoms with Gasteiger partial charge in [-0.05, 0) is 31.9 Å². The molecule has 0 aliphatic heterocycles. The molecule has 0 unspecified atom stereocenters. The van der Waals surface area contributed by atoms with Crippen LogP contribution in [0.5, 0.6) is 0 Å². The average molecular weight is 492 g/mol. The minimum atomic E-state index is 0. The Labute approximate surface area is 197 Å². The molecule has 2 aromatic rings. The standard InChI is InChI=1S/C23H21O2.2ClH.Zr/c1-15(2)17-10-11-19-18-7-4-3-6-16(18)14-21(19)23(17)20-8-5-9-22(20)25-13-12-24;;;/h3-7,9-11,24H,8,12-13H2,1-2H3;2*1H;/q-1;;;+3/p-2. The zero-order valence-electron chi connectivity index (χ0n) is 15.9. The zero-order chi connectivity index (χ0) is 17.4. The van der Waals surface area contributed by atoms with E-state index in [4.69, 9.17) is 9.84 Å². The van der Waals surface area contributed by atoms with Crippen molar-refractivity contribution < 1.29 is 60.9 Å². The smallest absolute Gasteiger partial charge is 1.00 e. The van der Waals surface area contributed by atoms with Gasteiger partial charge in [-0.1, -0.05) is 52.8 Å². The van der Waals surface area contributed by atoms with Crippen molar-refractivity contribution in [3.05, 3.63) is 86.3 Å². The SMILES string of the molecule is CC(C)=c1ccc2c(c1C1=C(OCCO)C=CC1)[C-]=c1ccccc1=2.[Cl-].[Cl-].[Zr+3]. The maximum atomic E-state index is 9.11. The summed E-state index contributed by atoms with van der Waals surface area (Å²) in [4.78, 5) is 0. The van der Waals surface area contributed by atoms with E-state index in [0.717, 1.165) is 23.0 Å². The van der Waals surface area contributed by atoms with Crippen molar-refractivity contribution in [2.75, 3.05) is 13.2 Å². The molecule has 0 spiro atoms. The number of aliphatic hydroxyl groups excluding tert-OH is 1. The van der Waals surface area contributed by atoms with Crippen LogP contribution >= 0.6 is 0 Å². The van der Waals surface area contributed by atoms with Crippen molar-refractivity contribution in [1.29, 1.82) is 0 Å². The maximum Gasteiger partial charge on any atom is 3.00 e. The Morgan fingerprint density at radius 2 is 1.82 bits per heavy atom. The number of fused-ring (bicyclic) bond motifs is 2. The summed E-state index contributed by atoms with van der Waals surface area (Å²) in [7, 11) is 0. The fourth-order valence-corrected chi connectivity index (χ4v) is 3.65. The first-order valence-corrected chi connectivity index (χ1v) is 8.68. The fraction of sp³-hybridized carbons (Fsp3) is 0.217. The predicted molar refractivity (Wildman–Crippen MR) is 101 cm³/mol. The number of benzene rings is 2. The number of allylic oxidation sites excluding steroid dienone is 3. The minimum Gasteiger partial charge on any atom is -1.00 e. The van der Waals surface area contributed by atoms with Crippen molar-refractivity contribution in [3.8, 4) is 0 Å². The van der Waals surface area contributed by atoms with Crippen LogP contribution in [0.15, 0.2) is 54.3 Å². The third-order valence-corrected chi connectivity index (χ3v) is 4.76. The second-order valence-corrected chi connectivity index (χ2v) is 6.60. The van der Waals surface area contributed by atoms with E-state index < -0.39 is 0 Å². The summed E-state index contributed by atoms with van der Waals surface area (Å²) in [6, 6.07) is 12.8. The summed E-state index contributed by atoms with van der Waals surface area (Å²) in [5, 5.41) is 14.0. The van der Waals surface area contributed by atoms with Gasteiger partial charge in [-0.3, -0.25) is 0 Å². The predicted octanol–water partition coefficient (Wildman–Crippen LogP) is -3.13. The van der Waals surface area contributed by atoms with Crippen LogP contribution in [0.1, 0.15) is 31.4 Å². The van der Waals surface area contributed by atoms with Gasteiger partial charge in [0, 0.05) is 0 Å². The molecule has 0 bridgehead atoms. The average Bonchev–Trinajstić information content (AvgIpc) is 3.23. The van der Waals surface area contributed by atoms with E-state index in [-0.39, 0.29) is 57.6 Å². The van der Waals surface area contributed by atoms with Gasteiger partial charge in [0.25, 0.3) is 0 Å². The molecule has 1 radical (unpaired) electrons. The first kappa shape index (κ1) is 24.9. The van der Waals surface area contributed by atoms with Crippen molar-refractivity contribution in [1.82, 2.24) is 0 Å². The molecule has 2 aliphatic rings. The van der Waals surface area contributed by atoms with Crippen LogP contribution in [-0.4, -0.2) is 18.3 Å². The van der Waals surface area contributed by atoms with Crippen LogP contribution in [0.4, 0.5) is 0 Å². The van der Waals surface area contributed by atoms with Gasteiger partial charge in [0.05, 0.1) is 6.61 Å². The van der Waals surface area contributed by atoms with Gasteiger partial charge in [-0.15, -0.1) is 33.4 Å². The summed E-state index contributed by atoms with van der Waals surface area (Å²) in [5.41, 5.74) is 4.83. The summed E-state index contributed by atoms with van der Waals surface area (Å²) in [6.45, 7) is 4.62. The number of hydrogen-bond acceptors (Lipinski definition) is 2. The largest absolute Gasteiger partial charge is 3.00 e. The number of hydrogen-bond donors (Lipinski definition) is 1. The Balaban J connectivity index is 0.00000131. The number of halogens is 2. The van der Waals surface area contributed by atoms with Crippen LogP contribution in [0, 0.1) is 10.4 Å². The first-order valence-electron chi connectivity index (χ1n) is 8.68. The minimum absolute atomic E-state index is 0. The molecule has 0 heterocycles. The van der Waals surface area contributed by atoms with Gasteiger partial charge in [0.1, 0.15) is 12.4 Å². The summed E-state index contributed by atoms with van der Waals surface area (Å²) in [5.74, 6) is 0.864. The van der Waals surface area contributed by atoms with Crippen molar-refractivity contribution in [2.24, 2.45) is 0 Å². The molecule has 28 heavy (non-hydrogen) atoms. The summed E-state index contributed by atoms with van der Waals surface area (Å²) in [6.07, 6.45) is 8.60. The molecule has 4 rings (SSSR count). The molecular formula is C23H21Cl2O2Zr. The molecule has 2 aromatic carbocycles. The van der Waals surface area contributed by atoms with Crippen molar-refractivity contribution in [2.45, 2.75) is 20.3 Å². The molecule has 0 aromatic heterocycles. The Kier molecular flexibility index (Phi) is 9.43. The molecule has 0 atom stereocenters. The van der Waals surface area contributed by atoms with Gasteiger partial charge < -0.3 is 34.7 Å². The normalized spacial score (nSPS) is 12.8. The Morgan fingerprint density at radius 1 is 1.07 bits per heavy atom. The van der Waals surface area contributed by atoms with E-state index in [0.29, 0.717) is 6.61 Å². The molecule has 2 nitrogen and oxygen atoms in total. The van der Waals surface area contributed by atoms with E-state index in [1.54, 1.807) is 0 Å². The van der Waals surface area contributed by atoms with Gasteiger partial charge >= 0.3 is 26.2 Å². The van der Waals surface area contributed by atoms with Gasteiger partial charge in [0.15, 0.2) is 0 Å². The molecule has 0 amide bonds. The van der Waals surface area contributed by atoms with Gasteiger partial charge in [-0.2, -0.15) is 0 Å². The van der Waals surface area contributed by atoms with Crippen molar-refractivity contribution in [3.63, 3.8) is 0 Å². The first-order chi connectivity index (χ1) is 12.2. The molecule has 143 valence electrons. The molecule has 0 fully saturated rings. The van der Waals surface area contributed by atoms with E-state index in [9.17, 15) is 0 Å². The second-order valence-electron chi connectivity index (χ2n) is 6.60. The topological polar surface area (TPSA) is 29.5 Å². The Bertz CT molecular complexity index is 1130. The summed E-state index contributed by atoms with van der Waals surface area (Å²) < 4.78 is 5.80. The van der Waals surface area contributed by atoms with Crippen LogP contribution in [0.2, 0.25) is 0 Å². The third-order valence-electron chi connectivity index (χ3n) is 4.76. The van der Waals surface area contributed by atoms with E-state index >= 15 is 0 Å². The molecule has 1 N–H and O–H groups in total. The molecule has 5 heteroatoms. The maximum absolute atomic E-state index is 9.11. The Hall–Kier alpha value is -1.12. The van der Waals surface area contributed by atoms with Crippen molar-refractivity contribution >= 4 is 17.2 Å². The monoisotopic (exact) mass is 489 g/mol. The molecule has 0 saturated carbocycles. The molecule has 0 saturated heterocycles. The summed E-state index contributed by atoms with van der Waals surface area (Å²) >= 11 is 0. The number of aliphatic hydroxyl groups is 1. The number of rotatable bonds is 4. The van der Waals surface area contributed by atoms with Gasteiger partial charge in [-0.25, -0.2) is 0 Å². The molecular weight excluding hydrogens is 470 g/mol. The van der Waals surface area contributed by atoms with E-state index in [2.05, 4.69) is 62.4 Å². The number of ether oxygens (including phenoxy) is 1. The zero-order valence-corrected chi connectivity index (χ0v) is 19.8. The fourth-order valence-electron chi connectivity index (χ4n) is 3.65. The van der Waals surface area contributed by atoms with Crippen LogP contribution in [-0.2, 0) is 30.9 Å². The van der Waals surface area contributed by atoms with Gasteiger partial charge in [0.2, 0.25) is 0 Å². The Morgan fingerprint density at radius 3 is 2.54 bits per heavy atom. The van der Waals surface area contributed by atoms with Crippen LogP contribution in [0.3, 0.4) is 0 Å². The quantitative estimate of drug-likeness (QED) is 0.392. The van der Waals surface area contributed by atoms with Crippen LogP contribution < -0.4 is 35.3 Å². The second kappa shape index (κ2) is 10.6. The van der Waals surface area contributed by atoms with Crippen LogP contribution in [0.25, 0.3) is 17.2 Å². The van der Waals surface area contributed by atoms with E-state index in [1.807, 2.05) is 6.08 Å². The third kappa shape index (κ3) is 4.39. The van der Waals surface area contributed by atoms with E-state index in [1.165, 1.54) is 32.4 Å². The molecule has 2 aliphatic carbocycles.